The summed E-state index contributed by atoms with van der Waals surface area (Å²) in [7, 11) is 1.52. The predicted octanol–water partition coefficient (Wildman–Crippen LogP) is 3.58. The van der Waals surface area contributed by atoms with Crippen molar-refractivity contribution in [1.29, 1.82) is 0 Å². The molecule has 0 unspecified atom stereocenters. The zero-order valence-corrected chi connectivity index (χ0v) is 13.4. The van der Waals surface area contributed by atoms with E-state index in [1.807, 2.05) is 19.1 Å². The predicted molar refractivity (Wildman–Crippen MR) is 89.8 cm³/mol. The Bertz CT molecular complexity index is 955. The van der Waals surface area contributed by atoms with Crippen molar-refractivity contribution < 1.29 is 18.7 Å². The zero-order valence-electron chi connectivity index (χ0n) is 13.4. The molecule has 0 amide bonds. The first-order valence-corrected chi connectivity index (χ1v) is 7.53. The SMILES string of the molecule is CCc1ccc2oc(=O)c(C(=O)Oc3cccc(OC)c3)cc2c1. The van der Waals surface area contributed by atoms with Crippen LogP contribution in [0.25, 0.3) is 11.0 Å². The van der Waals surface area contributed by atoms with Crippen molar-refractivity contribution in [3.8, 4) is 11.5 Å². The van der Waals surface area contributed by atoms with Gasteiger partial charge in [-0.15, -0.1) is 0 Å². The summed E-state index contributed by atoms with van der Waals surface area (Å²) in [6, 6.07) is 13.6. The Balaban J connectivity index is 1.96. The second-order valence-corrected chi connectivity index (χ2v) is 5.24. The number of ether oxygens (including phenoxy) is 2. The largest absolute Gasteiger partial charge is 0.497 e. The molecular weight excluding hydrogens is 308 g/mol. The fourth-order valence-corrected chi connectivity index (χ4v) is 2.36. The van der Waals surface area contributed by atoms with E-state index in [1.165, 1.54) is 13.2 Å². The second kappa shape index (κ2) is 6.58. The Kier molecular flexibility index (Phi) is 4.33. The minimum Gasteiger partial charge on any atom is -0.497 e. The number of hydrogen-bond acceptors (Lipinski definition) is 5. The van der Waals surface area contributed by atoms with Crippen molar-refractivity contribution in [2.45, 2.75) is 13.3 Å². The molecular formula is C19H16O5. The van der Waals surface area contributed by atoms with E-state index >= 15 is 0 Å². The molecule has 2 aromatic carbocycles. The normalized spacial score (nSPS) is 10.6. The lowest BCUT2D eigenvalue weighted by Crippen LogP contribution is -2.18. The summed E-state index contributed by atoms with van der Waals surface area (Å²) in [5.74, 6) is 0.0837. The summed E-state index contributed by atoms with van der Waals surface area (Å²) >= 11 is 0. The van der Waals surface area contributed by atoms with Gasteiger partial charge in [0, 0.05) is 11.5 Å². The minimum atomic E-state index is -0.763. The molecule has 0 aliphatic carbocycles. The van der Waals surface area contributed by atoms with Crippen LogP contribution in [0.15, 0.2) is 57.7 Å². The average Bonchev–Trinajstić information content (AvgIpc) is 2.60. The Morgan fingerprint density at radius 2 is 1.88 bits per heavy atom. The van der Waals surface area contributed by atoms with Gasteiger partial charge in [0.2, 0.25) is 0 Å². The highest BCUT2D eigenvalue weighted by atomic mass is 16.5. The molecule has 3 aromatic rings. The fraction of sp³-hybridized carbons (Fsp3) is 0.158. The standard InChI is InChI=1S/C19H16O5/c1-3-12-7-8-17-13(9-12)10-16(19(21)24-17)18(20)23-15-6-4-5-14(11-15)22-2/h4-11H,3H2,1-2H3. The molecule has 1 heterocycles. The highest BCUT2D eigenvalue weighted by molar-refractivity contribution is 5.94. The van der Waals surface area contributed by atoms with Gasteiger partial charge in [0.1, 0.15) is 22.6 Å². The minimum absolute atomic E-state index is 0.140. The van der Waals surface area contributed by atoms with Gasteiger partial charge in [-0.25, -0.2) is 9.59 Å². The van der Waals surface area contributed by atoms with E-state index < -0.39 is 11.6 Å². The molecule has 0 bridgehead atoms. The third-order valence-electron chi connectivity index (χ3n) is 3.68. The van der Waals surface area contributed by atoms with E-state index in [4.69, 9.17) is 13.9 Å². The molecule has 1 aromatic heterocycles. The fourth-order valence-electron chi connectivity index (χ4n) is 2.36. The first-order valence-electron chi connectivity index (χ1n) is 7.53. The smallest absolute Gasteiger partial charge is 0.351 e. The molecule has 5 heteroatoms. The van der Waals surface area contributed by atoms with Gasteiger partial charge in [-0.3, -0.25) is 0 Å². The summed E-state index contributed by atoms with van der Waals surface area (Å²) in [4.78, 5) is 24.4. The van der Waals surface area contributed by atoms with Crippen LogP contribution in [0.5, 0.6) is 11.5 Å². The number of carbonyl (C=O) groups excluding carboxylic acids is 1. The van der Waals surface area contributed by atoms with E-state index in [0.717, 1.165) is 12.0 Å². The van der Waals surface area contributed by atoms with Crippen LogP contribution in [-0.4, -0.2) is 13.1 Å². The van der Waals surface area contributed by atoms with Gasteiger partial charge in [0.15, 0.2) is 0 Å². The lowest BCUT2D eigenvalue weighted by molar-refractivity contribution is 0.0730. The number of benzene rings is 2. The molecule has 0 aliphatic rings. The van der Waals surface area contributed by atoms with Crippen molar-refractivity contribution in [3.05, 3.63) is 70.1 Å². The molecule has 3 rings (SSSR count). The van der Waals surface area contributed by atoms with Crippen molar-refractivity contribution in [2.75, 3.05) is 7.11 Å². The van der Waals surface area contributed by atoms with Gasteiger partial charge in [-0.1, -0.05) is 19.1 Å². The van der Waals surface area contributed by atoms with Crippen LogP contribution in [0, 0.1) is 0 Å². The van der Waals surface area contributed by atoms with E-state index in [2.05, 4.69) is 0 Å². The molecule has 5 nitrogen and oxygen atoms in total. The molecule has 0 atom stereocenters. The van der Waals surface area contributed by atoms with Crippen molar-refractivity contribution in [2.24, 2.45) is 0 Å². The lowest BCUT2D eigenvalue weighted by Gasteiger charge is -2.06. The number of carbonyl (C=O) groups is 1. The number of methoxy groups -OCH3 is 1. The maximum Gasteiger partial charge on any atom is 0.351 e. The van der Waals surface area contributed by atoms with Crippen LogP contribution >= 0.6 is 0 Å². The number of fused-ring (bicyclic) bond motifs is 1. The van der Waals surface area contributed by atoms with Crippen molar-refractivity contribution in [3.63, 3.8) is 0 Å². The van der Waals surface area contributed by atoms with Gasteiger partial charge in [0.05, 0.1) is 7.11 Å². The average molecular weight is 324 g/mol. The molecule has 0 fully saturated rings. The van der Waals surface area contributed by atoms with Crippen LogP contribution < -0.4 is 15.1 Å². The lowest BCUT2D eigenvalue weighted by atomic mass is 10.1. The monoisotopic (exact) mass is 324 g/mol. The van der Waals surface area contributed by atoms with Gasteiger partial charge in [0.25, 0.3) is 0 Å². The molecule has 0 saturated carbocycles. The molecule has 0 radical (unpaired) electrons. The van der Waals surface area contributed by atoms with E-state index in [1.54, 1.807) is 30.3 Å². The first kappa shape index (κ1) is 15.8. The van der Waals surface area contributed by atoms with E-state index in [-0.39, 0.29) is 5.56 Å². The van der Waals surface area contributed by atoms with Gasteiger partial charge in [-0.2, -0.15) is 0 Å². The zero-order chi connectivity index (χ0) is 17.1. The van der Waals surface area contributed by atoms with Gasteiger partial charge >= 0.3 is 11.6 Å². The quantitative estimate of drug-likeness (QED) is 0.417. The van der Waals surface area contributed by atoms with Gasteiger partial charge in [-0.05, 0) is 42.3 Å². The summed E-state index contributed by atoms with van der Waals surface area (Å²) in [5.41, 5.74) is 0.664. The molecule has 0 spiro atoms. The number of hydrogen-bond donors (Lipinski definition) is 0. The van der Waals surface area contributed by atoms with Crippen molar-refractivity contribution in [1.82, 2.24) is 0 Å². The number of rotatable bonds is 4. The van der Waals surface area contributed by atoms with E-state index in [9.17, 15) is 9.59 Å². The molecule has 0 saturated heterocycles. The second-order valence-electron chi connectivity index (χ2n) is 5.24. The van der Waals surface area contributed by atoms with Crippen LogP contribution in [-0.2, 0) is 6.42 Å². The molecule has 0 N–H and O–H groups in total. The summed E-state index contributed by atoms with van der Waals surface area (Å²) in [5, 5.41) is 0.687. The molecule has 0 aliphatic heterocycles. The molecule has 24 heavy (non-hydrogen) atoms. The third kappa shape index (κ3) is 3.15. The summed E-state index contributed by atoms with van der Waals surface area (Å²) in [6.45, 7) is 2.03. The van der Waals surface area contributed by atoms with Crippen LogP contribution in [0.1, 0.15) is 22.8 Å². The van der Waals surface area contributed by atoms with Crippen LogP contribution in [0.3, 0.4) is 0 Å². The van der Waals surface area contributed by atoms with Crippen LogP contribution in [0.2, 0.25) is 0 Å². The Morgan fingerprint density at radius 1 is 1.08 bits per heavy atom. The maximum atomic E-state index is 12.3. The molecule has 122 valence electrons. The highest BCUT2D eigenvalue weighted by Gasteiger charge is 2.16. The van der Waals surface area contributed by atoms with Crippen molar-refractivity contribution >= 4 is 16.9 Å². The van der Waals surface area contributed by atoms with Gasteiger partial charge < -0.3 is 13.9 Å². The number of esters is 1. The first-order chi connectivity index (χ1) is 11.6. The third-order valence-corrected chi connectivity index (χ3v) is 3.68. The number of aryl methyl sites for hydroxylation is 1. The van der Waals surface area contributed by atoms with Crippen LogP contribution in [0.4, 0.5) is 0 Å². The Labute approximate surface area is 138 Å². The van der Waals surface area contributed by atoms with E-state index in [0.29, 0.717) is 22.5 Å². The topological polar surface area (TPSA) is 65.7 Å². The summed E-state index contributed by atoms with van der Waals surface area (Å²) in [6.07, 6.45) is 0.846. The maximum absolute atomic E-state index is 12.3. The Hall–Kier alpha value is -3.08. The highest BCUT2D eigenvalue weighted by Crippen LogP contribution is 2.21. The summed E-state index contributed by atoms with van der Waals surface area (Å²) < 4.78 is 15.5. The Morgan fingerprint density at radius 3 is 2.62 bits per heavy atom.